The van der Waals surface area contributed by atoms with Crippen molar-refractivity contribution in [3.63, 3.8) is 0 Å². The van der Waals surface area contributed by atoms with Gasteiger partial charge in [0.15, 0.2) is 0 Å². The number of benzene rings is 2. The molecule has 4 heteroatoms. The summed E-state index contributed by atoms with van der Waals surface area (Å²) in [5.41, 5.74) is 0. The summed E-state index contributed by atoms with van der Waals surface area (Å²) in [6, 6.07) is 17.7. The third kappa shape index (κ3) is 3.65. The lowest BCUT2D eigenvalue weighted by Gasteiger charge is -2.15. The molecule has 0 saturated heterocycles. The first kappa shape index (κ1) is 11.7. The van der Waals surface area contributed by atoms with E-state index < -0.39 is 7.60 Å². The Balaban J connectivity index is 2.07. The molecule has 0 saturated carbocycles. The van der Waals surface area contributed by atoms with E-state index in [0.29, 0.717) is 11.5 Å². The Kier molecular flexibility index (Phi) is 3.50. The van der Waals surface area contributed by atoms with Crippen LogP contribution in [-0.4, -0.2) is 0 Å². The second-order valence-corrected chi connectivity index (χ2v) is 5.01. The molecular weight excluding hydrogens is 235 g/mol. The first-order valence-corrected chi connectivity index (χ1v) is 6.82. The summed E-state index contributed by atoms with van der Waals surface area (Å²) in [6.07, 6.45) is 0. The maximum absolute atomic E-state index is 12.0. The lowest BCUT2D eigenvalue weighted by atomic mass is 10.3. The summed E-state index contributed by atoms with van der Waals surface area (Å²) < 4.78 is 22.5. The van der Waals surface area contributed by atoms with Crippen LogP contribution < -0.4 is 9.05 Å². The van der Waals surface area contributed by atoms with E-state index >= 15 is 0 Å². The molecule has 0 spiro atoms. The molecule has 0 amide bonds. The van der Waals surface area contributed by atoms with E-state index in [2.05, 4.69) is 6.66 Å². The minimum atomic E-state index is -3.39. The van der Waals surface area contributed by atoms with E-state index in [4.69, 9.17) is 9.05 Å². The normalized spacial score (nSPS) is 10.9. The van der Waals surface area contributed by atoms with Gasteiger partial charge in [0, 0.05) is 0 Å². The number of rotatable bonds is 4. The number of para-hydroxylation sites is 2. The maximum Gasteiger partial charge on any atom is 0.431 e. The average Bonchev–Trinajstić information content (AvgIpc) is 2.30. The maximum atomic E-state index is 12.0. The van der Waals surface area contributed by atoms with Crippen LogP contribution in [0.5, 0.6) is 11.5 Å². The molecule has 0 fully saturated rings. The number of hydrogen-bond acceptors (Lipinski definition) is 3. The highest BCUT2D eigenvalue weighted by Crippen LogP contribution is 2.46. The van der Waals surface area contributed by atoms with Crippen molar-refractivity contribution < 1.29 is 13.6 Å². The largest absolute Gasteiger partial charge is 0.431 e. The highest BCUT2D eigenvalue weighted by Gasteiger charge is 2.20. The van der Waals surface area contributed by atoms with E-state index in [9.17, 15) is 4.57 Å². The highest BCUT2D eigenvalue weighted by atomic mass is 31.2. The van der Waals surface area contributed by atoms with Gasteiger partial charge in [0.05, 0.1) is 6.66 Å². The Bertz CT molecular complexity index is 465. The predicted molar refractivity (Wildman–Crippen MR) is 67.1 cm³/mol. The van der Waals surface area contributed by atoms with Crippen LogP contribution in [0, 0.1) is 6.66 Å². The topological polar surface area (TPSA) is 35.5 Å². The Morgan fingerprint density at radius 3 is 1.47 bits per heavy atom. The van der Waals surface area contributed by atoms with Gasteiger partial charge in [-0.15, -0.1) is 0 Å². The molecule has 0 heterocycles. The van der Waals surface area contributed by atoms with Crippen molar-refractivity contribution in [2.24, 2.45) is 0 Å². The summed E-state index contributed by atoms with van der Waals surface area (Å²) in [6.45, 7) is 3.47. The third-order valence-corrected chi connectivity index (χ3v) is 2.95. The molecule has 17 heavy (non-hydrogen) atoms. The van der Waals surface area contributed by atoms with Crippen LogP contribution in [0.25, 0.3) is 0 Å². The van der Waals surface area contributed by atoms with Crippen LogP contribution in [0.1, 0.15) is 0 Å². The second-order valence-electron chi connectivity index (χ2n) is 3.42. The van der Waals surface area contributed by atoms with Crippen molar-refractivity contribution in [3.05, 3.63) is 67.3 Å². The minimum absolute atomic E-state index is 0.474. The van der Waals surface area contributed by atoms with E-state index in [-0.39, 0.29) is 0 Å². The summed E-state index contributed by atoms with van der Waals surface area (Å²) in [7, 11) is -3.39. The van der Waals surface area contributed by atoms with Gasteiger partial charge in [-0.05, 0) is 24.3 Å². The van der Waals surface area contributed by atoms with Gasteiger partial charge < -0.3 is 9.05 Å². The van der Waals surface area contributed by atoms with Gasteiger partial charge in [-0.2, -0.15) is 0 Å². The predicted octanol–water partition coefficient (Wildman–Crippen LogP) is 4.13. The second kappa shape index (κ2) is 5.07. The molecule has 0 unspecified atom stereocenters. The third-order valence-electron chi connectivity index (χ3n) is 1.98. The summed E-state index contributed by atoms with van der Waals surface area (Å²) in [5.74, 6) is 0.948. The van der Waals surface area contributed by atoms with Gasteiger partial charge in [0.25, 0.3) is 0 Å². The average molecular weight is 247 g/mol. The minimum Gasteiger partial charge on any atom is -0.416 e. The first-order chi connectivity index (χ1) is 8.16. The molecular formula is C13H12O3P. The van der Waals surface area contributed by atoms with Crippen molar-refractivity contribution in [1.29, 1.82) is 0 Å². The quantitative estimate of drug-likeness (QED) is 0.762. The monoisotopic (exact) mass is 247 g/mol. The van der Waals surface area contributed by atoms with Crippen molar-refractivity contribution in [1.82, 2.24) is 0 Å². The zero-order chi connectivity index (χ0) is 12.1. The van der Waals surface area contributed by atoms with Gasteiger partial charge in [0.2, 0.25) is 0 Å². The van der Waals surface area contributed by atoms with Gasteiger partial charge in [-0.1, -0.05) is 36.4 Å². The fourth-order valence-corrected chi connectivity index (χ4v) is 2.23. The SMILES string of the molecule is [CH2]P(=O)(Oc1ccccc1)Oc1ccccc1. The highest BCUT2D eigenvalue weighted by molar-refractivity contribution is 7.55. The van der Waals surface area contributed by atoms with Crippen LogP contribution >= 0.6 is 7.60 Å². The molecule has 0 atom stereocenters. The molecule has 2 rings (SSSR count). The van der Waals surface area contributed by atoms with Crippen LogP contribution in [0.4, 0.5) is 0 Å². The molecule has 2 aromatic carbocycles. The molecule has 0 N–H and O–H groups in total. The Morgan fingerprint density at radius 2 is 1.12 bits per heavy atom. The van der Waals surface area contributed by atoms with Crippen LogP contribution in [0.15, 0.2) is 60.7 Å². The Morgan fingerprint density at radius 1 is 0.765 bits per heavy atom. The molecule has 2 aromatic rings. The molecule has 0 aliphatic carbocycles. The lowest BCUT2D eigenvalue weighted by molar-refractivity contribution is 0.397. The molecule has 1 radical (unpaired) electrons. The van der Waals surface area contributed by atoms with Crippen molar-refractivity contribution in [2.75, 3.05) is 0 Å². The van der Waals surface area contributed by atoms with E-state index in [1.165, 1.54) is 0 Å². The number of hydrogen-bond donors (Lipinski definition) is 0. The smallest absolute Gasteiger partial charge is 0.416 e. The van der Waals surface area contributed by atoms with E-state index in [0.717, 1.165) is 0 Å². The van der Waals surface area contributed by atoms with E-state index in [1.54, 1.807) is 48.5 Å². The van der Waals surface area contributed by atoms with Gasteiger partial charge in [0.1, 0.15) is 11.5 Å². The Hall–Kier alpha value is -1.73. The molecule has 0 aliphatic heterocycles. The van der Waals surface area contributed by atoms with Gasteiger partial charge in [-0.3, -0.25) is 0 Å². The van der Waals surface area contributed by atoms with Gasteiger partial charge >= 0.3 is 7.60 Å². The molecule has 3 nitrogen and oxygen atoms in total. The summed E-state index contributed by atoms with van der Waals surface area (Å²) in [4.78, 5) is 0. The van der Waals surface area contributed by atoms with Crippen LogP contribution in [0.2, 0.25) is 0 Å². The van der Waals surface area contributed by atoms with Crippen LogP contribution in [0.3, 0.4) is 0 Å². The van der Waals surface area contributed by atoms with E-state index in [1.807, 2.05) is 12.1 Å². The standard InChI is InChI=1S/C13H12O3P/c1-17(14,15-12-8-4-2-5-9-12)16-13-10-6-3-7-11-13/h2-11H,1H2. The summed E-state index contributed by atoms with van der Waals surface area (Å²) in [5, 5.41) is 0. The zero-order valence-electron chi connectivity index (χ0n) is 9.15. The molecule has 0 bridgehead atoms. The molecule has 87 valence electrons. The zero-order valence-corrected chi connectivity index (χ0v) is 10.0. The fourth-order valence-electron chi connectivity index (χ4n) is 1.30. The molecule has 0 aromatic heterocycles. The lowest BCUT2D eigenvalue weighted by Crippen LogP contribution is -1.97. The van der Waals surface area contributed by atoms with Crippen LogP contribution in [-0.2, 0) is 4.57 Å². The van der Waals surface area contributed by atoms with Crippen molar-refractivity contribution in [3.8, 4) is 11.5 Å². The van der Waals surface area contributed by atoms with Gasteiger partial charge in [-0.25, -0.2) is 4.57 Å². The fraction of sp³-hybridized carbons (Fsp3) is 0. The molecule has 0 aliphatic rings. The van der Waals surface area contributed by atoms with Crippen molar-refractivity contribution in [2.45, 2.75) is 0 Å². The summed E-state index contributed by atoms with van der Waals surface area (Å²) >= 11 is 0. The van der Waals surface area contributed by atoms with Crippen molar-refractivity contribution >= 4 is 7.60 Å². The first-order valence-electron chi connectivity index (χ1n) is 5.09. The Labute approximate surface area is 101 Å².